The summed E-state index contributed by atoms with van der Waals surface area (Å²) in [6.07, 6.45) is 1.02. The van der Waals surface area contributed by atoms with Crippen LogP contribution in [0.1, 0.15) is 6.42 Å². The molecule has 1 aliphatic carbocycles. The number of rotatable bonds is 2. The Kier molecular flexibility index (Phi) is 2.44. The van der Waals surface area contributed by atoms with Crippen LogP contribution in [-0.4, -0.2) is 15.0 Å². The molecule has 0 atom stereocenters. The summed E-state index contributed by atoms with van der Waals surface area (Å²) in [5.41, 5.74) is 0.0934. The SMILES string of the molecule is ClCC1(CCl)CC1(Br)Br. The molecule has 0 amide bonds. The second-order valence-electron chi connectivity index (χ2n) is 2.43. The van der Waals surface area contributed by atoms with E-state index in [0.29, 0.717) is 11.8 Å². The van der Waals surface area contributed by atoms with Gasteiger partial charge >= 0.3 is 0 Å². The van der Waals surface area contributed by atoms with Crippen molar-refractivity contribution in [1.29, 1.82) is 0 Å². The van der Waals surface area contributed by atoms with E-state index < -0.39 is 0 Å². The van der Waals surface area contributed by atoms with E-state index in [1.165, 1.54) is 0 Å². The van der Waals surface area contributed by atoms with E-state index in [9.17, 15) is 0 Å². The second-order valence-corrected chi connectivity index (χ2v) is 6.73. The normalized spacial score (nSPS) is 28.0. The van der Waals surface area contributed by atoms with Gasteiger partial charge in [-0.2, -0.15) is 0 Å². The van der Waals surface area contributed by atoms with Crippen LogP contribution in [0.2, 0.25) is 0 Å². The Morgan fingerprint density at radius 2 is 1.56 bits per heavy atom. The Balaban J connectivity index is 2.57. The predicted molar refractivity (Wildman–Crippen MR) is 49.1 cm³/mol. The lowest BCUT2D eigenvalue weighted by atomic mass is 10.2. The van der Waals surface area contributed by atoms with Crippen molar-refractivity contribution in [2.75, 3.05) is 11.8 Å². The first kappa shape index (κ1) is 8.63. The lowest BCUT2D eigenvalue weighted by Crippen LogP contribution is -2.12. The van der Waals surface area contributed by atoms with Crippen LogP contribution in [0.25, 0.3) is 0 Å². The van der Waals surface area contributed by atoms with Crippen LogP contribution in [0.15, 0.2) is 0 Å². The molecule has 1 rings (SSSR count). The third-order valence-corrected chi connectivity index (χ3v) is 4.99. The van der Waals surface area contributed by atoms with Gasteiger partial charge in [0.15, 0.2) is 0 Å². The molecule has 0 aromatic carbocycles. The molecule has 0 aromatic rings. The van der Waals surface area contributed by atoms with Crippen LogP contribution >= 0.6 is 55.1 Å². The summed E-state index contributed by atoms with van der Waals surface area (Å²) in [5, 5.41) is 0. The summed E-state index contributed by atoms with van der Waals surface area (Å²) in [7, 11) is 0. The molecule has 0 heterocycles. The average Bonchev–Trinajstić information content (AvgIpc) is 2.35. The minimum absolute atomic E-state index is 0.0243. The van der Waals surface area contributed by atoms with Crippen molar-refractivity contribution >= 4 is 55.1 Å². The summed E-state index contributed by atoms with van der Waals surface area (Å²) in [5.74, 6) is 1.24. The fraction of sp³-hybridized carbons (Fsp3) is 1.00. The topological polar surface area (TPSA) is 0 Å². The highest BCUT2D eigenvalue weighted by Gasteiger charge is 2.63. The molecule has 0 aliphatic heterocycles. The van der Waals surface area contributed by atoms with Gasteiger partial charge < -0.3 is 0 Å². The molecule has 9 heavy (non-hydrogen) atoms. The Hall–Kier alpha value is 1.54. The Bertz CT molecular complexity index is 120. The van der Waals surface area contributed by atoms with Gasteiger partial charge in [0.2, 0.25) is 0 Å². The van der Waals surface area contributed by atoms with Gasteiger partial charge in [-0.05, 0) is 6.42 Å². The lowest BCUT2D eigenvalue weighted by Gasteiger charge is -2.08. The van der Waals surface area contributed by atoms with E-state index in [4.69, 9.17) is 23.2 Å². The summed E-state index contributed by atoms with van der Waals surface area (Å²) >= 11 is 18.3. The third kappa shape index (κ3) is 1.29. The maximum Gasteiger partial charge on any atom is 0.0892 e. The first-order valence-electron chi connectivity index (χ1n) is 2.58. The molecule has 1 fully saturated rings. The van der Waals surface area contributed by atoms with Gasteiger partial charge in [0.25, 0.3) is 0 Å². The Morgan fingerprint density at radius 3 is 1.56 bits per heavy atom. The second kappa shape index (κ2) is 2.54. The molecule has 0 spiro atoms. The molecule has 54 valence electrons. The molecule has 4 heteroatoms. The first-order valence-corrected chi connectivity index (χ1v) is 5.23. The van der Waals surface area contributed by atoms with E-state index in [2.05, 4.69) is 31.9 Å². The molecule has 0 nitrogen and oxygen atoms in total. The van der Waals surface area contributed by atoms with Gasteiger partial charge in [-0.3, -0.25) is 0 Å². The molecular formula is C5H6Br2Cl2. The first-order chi connectivity index (χ1) is 4.08. The van der Waals surface area contributed by atoms with Crippen LogP contribution in [0.5, 0.6) is 0 Å². The summed E-state index contributed by atoms with van der Waals surface area (Å²) in [4.78, 5) is 0. The van der Waals surface area contributed by atoms with Gasteiger partial charge in [-0.15, -0.1) is 23.2 Å². The van der Waals surface area contributed by atoms with E-state index in [1.807, 2.05) is 0 Å². The Labute approximate surface area is 81.5 Å². The summed E-state index contributed by atoms with van der Waals surface area (Å²) < 4.78 is 0.0243. The highest BCUT2D eigenvalue weighted by Crippen LogP contribution is 2.67. The molecule has 0 aromatic heterocycles. The smallest absolute Gasteiger partial charge is 0.0892 e. The summed E-state index contributed by atoms with van der Waals surface area (Å²) in [6, 6.07) is 0. The molecule has 1 saturated carbocycles. The van der Waals surface area contributed by atoms with Gasteiger partial charge in [0.05, 0.1) is 3.23 Å². The number of alkyl halides is 4. The van der Waals surface area contributed by atoms with Crippen LogP contribution in [0.4, 0.5) is 0 Å². The third-order valence-electron chi connectivity index (χ3n) is 1.72. The van der Waals surface area contributed by atoms with E-state index in [1.54, 1.807) is 0 Å². The van der Waals surface area contributed by atoms with E-state index in [-0.39, 0.29) is 8.65 Å². The monoisotopic (exact) mass is 294 g/mol. The van der Waals surface area contributed by atoms with Gasteiger partial charge in [0, 0.05) is 17.2 Å². The predicted octanol–water partition coefficient (Wildman–Crippen LogP) is 3.34. The standard InChI is InChI=1S/C5H6Br2Cl2/c6-5(7)1-4(5,2-8)3-9/h1-3H2. The largest absolute Gasteiger partial charge is 0.126 e. The molecular weight excluding hydrogens is 291 g/mol. The minimum Gasteiger partial charge on any atom is -0.126 e. The van der Waals surface area contributed by atoms with Gasteiger partial charge in [-0.25, -0.2) is 0 Å². The van der Waals surface area contributed by atoms with Crippen LogP contribution < -0.4 is 0 Å². The van der Waals surface area contributed by atoms with E-state index >= 15 is 0 Å². The van der Waals surface area contributed by atoms with Gasteiger partial charge in [-0.1, -0.05) is 31.9 Å². The maximum absolute atomic E-state index is 5.70. The zero-order valence-corrected chi connectivity index (χ0v) is 9.32. The van der Waals surface area contributed by atoms with Crippen molar-refractivity contribution in [3.63, 3.8) is 0 Å². The maximum atomic E-state index is 5.70. The lowest BCUT2D eigenvalue weighted by molar-refractivity contribution is 0.669. The molecule has 0 saturated heterocycles. The minimum atomic E-state index is 0.0243. The fourth-order valence-electron chi connectivity index (χ4n) is 0.707. The summed E-state index contributed by atoms with van der Waals surface area (Å²) in [6.45, 7) is 0. The number of hydrogen-bond donors (Lipinski definition) is 0. The van der Waals surface area contributed by atoms with Gasteiger partial charge in [0.1, 0.15) is 0 Å². The number of halogens is 4. The van der Waals surface area contributed by atoms with Crippen LogP contribution in [0.3, 0.4) is 0 Å². The van der Waals surface area contributed by atoms with Crippen molar-refractivity contribution in [3.8, 4) is 0 Å². The van der Waals surface area contributed by atoms with Crippen molar-refractivity contribution in [1.82, 2.24) is 0 Å². The Morgan fingerprint density at radius 1 is 1.22 bits per heavy atom. The average molecular weight is 297 g/mol. The van der Waals surface area contributed by atoms with Crippen LogP contribution in [0, 0.1) is 5.41 Å². The highest BCUT2D eigenvalue weighted by molar-refractivity contribution is 9.25. The van der Waals surface area contributed by atoms with Crippen LogP contribution in [-0.2, 0) is 0 Å². The quantitative estimate of drug-likeness (QED) is 0.686. The molecule has 1 aliphatic rings. The highest BCUT2D eigenvalue weighted by atomic mass is 79.9. The van der Waals surface area contributed by atoms with Crippen molar-refractivity contribution in [2.45, 2.75) is 9.65 Å². The van der Waals surface area contributed by atoms with E-state index in [0.717, 1.165) is 6.42 Å². The van der Waals surface area contributed by atoms with Crippen molar-refractivity contribution in [3.05, 3.63) is 0 Å². The molecule has 0 radical (unpaired) electrons. The molecule has 0 unspecified atom stereocenters. The van der Waals surface area contributed by atoms with Crippen molar-refractivity contribution < 1.29 is 0 Å². The number of hydrogen-bond acceptors (Lipinski definition) is 0. The molecule has 0 N–H and O–H groups in total. The fourth-order valence-corrected chi connectivity index (χ4v) is 3.92. The zero-order chi connectivity index (χ0) is 7.12. The molecule has 0 bridgehead atoms. The van der Waals surface area contributed by atoms with Crippen molar-refractivity contribution in [2.24, 2.45) is 5.41 Å². The zero-order valence-electron chi connectivity index (χ0n) is 4.63.